The number of nitrogens with zero attached hydrogens (tertiary/aromatic N) is 2. The van der Waals surface area contributed by atoms with Crippen molar-refractivity contribution in [3.8, 4) is 11.3 Å². The fourth-order valence-electron chi connectivity index (χ4n) is 4.42. The van der Waals surface area contributed by atoms with Gasteiger partial charge in [0.25, 0.3) is 0 Å². The number of rotatable bonds is 3. The molecule has 0 saturated carbocycles. The molecule has 6 nitrogen and oxygen atoms in total. The van der Waals surface area contributed by atoms with Crippen LogP contribution < -0.4 is 9.88 Å². The van der Waals surface area contributed by atoms with Gasteiger partial charge in [0.2, 0.25) is 11.6 Å². The summed E-state index contributed by atoms with van der Waals surface area (Å²) in [6, 6.07) is 10.3. The van der Waals surface area contributed by atoms with Gasteiger partial charge in [-0.25, -0.2) is 9.79 Å². The maximum Gasteiger partial charge on any atom is 0.411 e. The van der Waals surface area contributed by atoms with Crippen LogP contribution in [0.5, 0.6) is 0 Å². The number of aliphatic imine (C=N–C) groups is 1. The fourth-order valence-corrected chi connectivity index (χ4v) is 4.42. The van der Waals surface area contributed by atoms with Crippen LogP contribution in [0.3, 0.4) is 0 Å². The molecule has 0 saturated heterocycles. The van der Waals surface area contributed by atoms with Crippen molar-refractivity contribution in [3.63, 3.8) is 0 Å². The molecule has 4 rings (SSSR count). The van der Waals surface area contributed by atoms with Crippen LogP contribution in [0.4, 0.5) is 10.5 Å². The van der Waals surface area contributed by atoms with Crippen LogP contribution in [-0.4, -0.2) is 30.7 Å². The van der Waals surface area contributed by atoms with Crippen LogP contribution in [0.25, 0.3) is 11.3 Å². The van der Waals surface area contributed by atoms with E-state index in [2.05, 4.69) is 37.4 Å². The minimum absolute atomic E-state index is 0.232. The summed E-state index contributed by atoms with van der Waals surface area (Å²) in [4.78, 5) is 17.4. The molecule has 0 unspecified atom stereocenters. The first-order chi connectivity index (χ1) is 14.3. The molecule has 1 aromatic carbocycles. The number of amides is 1. The third-order valence-corrected chi connectivity index (χ3v) is 6.28. The summed E-state index contributed by atoms with van der Waals surface area (Å²) in [5, 5.41) is 2.96. The molecule has 0 radical (unpaired) electrons. The normalized spacial score (nSPS) is 19.1. The van der Waals surface area contributed by atoms with E-state index in [1.54, 1.807) is 0 Å². The van der Waals surface area contributed by atoms with E-state index >= 15 is 0 Å². The summed E-state index contributed by atoms with van der Waals surface area (Å²) in [7, 11) is 1.99. The molecular formula is C24H30N3O3+. The van der Waals surface area contributed by atoms with Crippen LogP contribution in [-0.2, 0) is 21.9 Å². The fraction of sp³-hybridized carbons (Fsp3) is 0.458. The Morgan fingerprint density at radius 3 is 2.53 bits per heavy atom. The van der Waals surface area contributed by atoms with E-state index in [1.165, 1.54) is 5.56 Å². The zero-order chi connectivity index (χ0) is 21.5. The van der Waals surface area contributed by atoms with E-state index in [1.807, 2.05) is 43.8 Å². The number of carbonyl (C=O) groups is 1. The first kappa shape index (κ1) is 20.4. The van der Waals surface area contributed by atoms with Gasteiger partial charge in [-0.15, -0.1) is 0 Å². The number of fused-ring (bicyclic) bond motifs is 3. The van der Waals surface area contributed by atoms with Crippen molar-refractivity contribution in [1.82, 2.24) is 0 Å². The van der Waals surface area contributed by atoms with Gasteiger partial charge < -0.3 is 9.47 Å². The second-order valence-electron chi connectivity index (χ2n) is 8.85. The van der Waals surface area contributed by atoms with Crippen molar-refractivity contribution in [1.29, 1.82) is 0 Å². The van der Waals surface area contributed by atoms with E-state index in [9.17, 15) is 4.79 Å². The third kappa shape index (κ3) is 3.44. The van der Waals surface area contributed by atoms with Crippen molar-refractivity contribution < 1.29 is 18.8 Å². The van der Waals surface area contributed by atoms with Crippen molar-refractivity contribution in [2.75, 3.05) is 18.5 Å². The van der Waals surface area contributed by atoms with Crippen molar-refractivity contribution in [2.24, 2.45) is 12.0 Å². The maximum atomic E-state index is 12.7. The number of aromatic nitrogens is 1. The quantitative estimate of drug-likeness (QED) is 0.768. The predicted molar refractivity (Wildman–Crippen MR) is 117 cm³/mol. The molecule has 2 aliphatic heterocycles. The smallest absolute Gasteiger partial charge is 0.411 e. The van der Waals surface area contributed by atoms with Crippen LogP contribution in [0.2, 0.25) is 0 Å². The number of carbonyl (C=O) groups excluding carboxylic acids is 1. The second kappa shape index (κ2) is 7.42. The molecule has 0 fully saturated rings. The Bertz CT molecular complexity index is 1020. The summed E-state index contributed by atoms with van der Waals surface area (Å²) >= 11 is 0. The zero-order valence-electron chi connectivity index (χ0n) is 18.4. The minimum atomic E-state index is -0.443. The molecular weight excluding hydrogens is 378 g/mol. The predicted octanol–water partition coefficient (Wildman–Crippen LogP) is 4.35. The molecule has 1 amide bonds. The topological polar surface area (TPSA) is 63.8 Å². The lowest BCUT2D eigenvalue weighted by molar-refractivity contribution is -0.660. The van der Waals surface area contributed by atoms with Crippen LogP contribution in [0, 0.1) is 0 Å². The molecule has 0 bridgehead atoms. The van der Waals surface area contributed by atoms with Gasteiger partial charge in [0.15, 0.2) is 6.20 Å². The number of ether oxygens (including phenoxy) is 2. The lowest BCUT2D eigenvalue weighted by atomic mass is 9.74. The van der Waals surface area contributed by atoms with Crippen LogP contribution in [0.15, 0.2) is 41.5 Å². The number of cyclic esters (lactones) is 1. The summed E-state index contributed by atoms with van der Waals surface area (Å²) in [5.41, 5.74) is 4.28. The number of hydrogen-bond donors (Lipinski definition) is 1. The average molecular weight is 409 g/mol. The van der Waals surface area contributed by atoms with Gasteiger partial charge in [-0.2, -0.15) is 4.57 Å². The number of hydrogen-bond acceptors (Lipinski definition) is 4. The van der Waals surface area contributed by atoms with Gasteiger partial charge >= 0.3 is 6.09 Å². The molecule has 0 spiro atoms. The lowest BCUT2D eigenvalue weighted by Gasteiger charge is -2.32. The molecule has 2 aliphatic rings. The molecule has 158 valence electrons. The SMILES string of the molecule is CCC1(CC)COC(=O)Nc2cc(C3=NC(C)(C)CO3)c[n+](C)c2-c2ccccc21. The number of anilines is 1. The highest BCUT2D eigenvalue weighted by Gasteiger charge is 2.37. The Hall–Kier alpha value is -2.89. The highest BCUT2D eigenvalue weighted by Crippen LogP contribution is 2.41. The summed E-state index contributed by atoms with van der Waals surface area (Å²) in [6.07, 6.45) is 3.33. The Labute approximate surface area is 177 Å². The molecule has 2 aromatic rings. The number of aryl methyl sites for hydroxylation is 1. The van der Waals surface area contributed by atoms with E-state index in [0.717, 1.165) is 29.7 Å². The Kier molecular flexibility index (Phi) is 5.04. The number of benzene rings is 1. The third-order valence-electron chi connectivity index (χ3n) is 6.28. The Balaban J connectivity index is 1.95. The van der Waals surface area contributed by atoms with Gasteiger partial charge in [0.05, 0.1) is 11.1 Å². The van der Waals surface area contributed by atoms with Crippen LogP contribution in [0.1, 0.15) is 51.7 Å². The van der Waals surface area contributed by atoms with Crippen molar-refractivity contribution in [2.45, 2.75) is 51.5 Å². The first-order valence-corrected chi connectivity index (χ1v) is 10.6. The standard InChI is InChI=1S/C24H29N3O3/c1-6-24(7-2)15-30-22(28)25-19-12-16(21-26-23(3,4)14-29-21)13-27(5)20(19)17-10-8-9-11-18(17)24/h8-13H,6-7,14-15H2,1-5H3/p+1. The van der Waals surface area contributed by atoms with E-state index in [-0.39, 0.29) is 11.0 Å². The van der Waals surface area contributed by atoms with Gasteiger partial charge in [0.1, 0.15) is 31.5 Å². The molecule has 1 N–H and O–H groups in total. The van der Waals surface area contributed by atoms with Crippen molar-refractivity contribution >= 4 is 17.7 Å². The maximum absolute atomic E-state index is 12.7. The molecule has 6 heteroatoms. The van der Waals surface area contributed by atoms with E-state index in [4.69, 9.17) is 14.5 Å². The molecule has 3 heterocycles. The van der Waals surface area contributed by atoms with Crippen molar-refractivity contribution in [3.05, 3.63) is 47.7 Å². The van der Waals surface area contributed by atoms with E-state index in [0.29, 0.717) is 24.8 Å². The minimum Gasteiger partial charge on any atom is -0.475 e. The summed E-state index contributed by atoms with van der Waals surface area (Å²) in [6.45, 7) is 9.27. The van der Waals surface area contributed by atoms with E-state index < -0.39 is 6.09 Å². The lowest BCUT2D eigenvalue weighted by Crippen LogP contribution is -2.35. The van der Waals surface area contributed by atoms with Gasteiger partial charge in [0, 0.05) is 5.41 Å². The summed E-state index contributed by atoms with van der Waals surface area (Å²) in [5.74, 6) is 0.596. The first-order valence-electron chi connectivity index (χ1n) is 10.6. The Morgan fingerprint density at radius 2 is 1.87 bits per heavy atom. The molecule has 0 atom stereocenters. The van der Waals surface area contributed by atoms with Gasteiger partial charge in [-0.05, 0) is 44.4 Å². The summed E-state index contributed by atoms with van der Waals surface area (Å²) < 4.78 is 13.6. The number of nitrogens with one attached hydrogen (secondary N) is 1. The second-order valence-corrected chi connectivity index (χ2v) is 8.85. The Morgan fingerprint density at radius 1 is 1.13 bits per heavy atom. The largest absolute Gasteiger partial charge is 0.475 e. The number of pyridine rings is 1. The molecule has 1 aromatic heterocycles. The highest BCUT2D eigenvalue weighted by atomic mass is 16.5. The zero-order valence-corrected chi connectivity index (χ0v) is 18.4. The highest BCUT2D eigenvalue weighted by molar-refractivity contribution is 5.98. The molecule has 0 aliphatic carbocycles. The van der Waals surface area contributed by atoms with Gasteiger partial charge in [-0.3, -0.25) is 5.32 Å². The monoisotopic (exact) mass is 408 g/mol. The van der Waals surface area contributed by atoms with Gasteiger partial charge in [-0.1, -0.05) is 32.0 Å². The average Bonchev–Trinajstić information content (AvgIpc) is 3.10. The molecule has 30 heavy (non-hydrogen) atoms. The van der Waals surface area contributed by atoms with Crippen LogP contribution >= 0.6 is 0 Å².